The van der Waals surface area contributed by atoms with Gasteiger partial charge in [-0.15, -0.1) is 0 Å². The molecule has 0 amide bonds. The molecular weight excluding hydrogens is 168 g/mol. The largest absolute Gasteiger partial charge is 0.437 e. The van der Waals surface area contributed by atoms with E-state index in [-0.39, 0.29) is 5.78 Å². The number of Topliss-reactive ketones (excluding diaryl/α,β-unsaturated/α-hetero) is 1. The number of aryl methyl sites for hydroxylation is 2. The summed E-state index contributed by atoms with van der Waals surface area (Å²) in [5.41, 5.74) is 0.678. The molecule has 0 aliphatic carbocycles. The molecule has 72 valence electrons. The van der Waals surface area contributed by atoms with E-state index >= 15 is 0 Å². The van der Waals surface area contributed by atoms with Crippen LogP contribution in [0.15, 0.2) is 4.42 Å². The molecule has 0 fully saturated rings. The van der Waals surface area contributed by atoms with Crippen molar-refractivity contribution in [1.82, 2.24) is 10.3 Å². The predicted octanol–water partition coefficient (Wildman–Crippen LogP) is 0.948. The van der Waals surface area contributed by atoms with Gasteiger partial charge >= 0.3 is 0 Å². The number of likely N-dealkylation sites (N-methyl/N-ethyl adjacent to an activating group) is 1. The topological polar surface area (TPSA) is 55.1 Å². The van der Waals surface area contributed by atoms with Crippen LogP contribution >= 0.6 is 0 Å². The highest BCUT2D eigenvalue weighted by atomic mass is 16.4. The average molecular weight is 182 g/mol. The van der Waals surface area contributed by atoms with Gasteiger partial charge in [-0.3, -0.25) is 4.79 Å². The lowest BCUT2D eigenvalue weighted by molar-refractivity contribution is 0.0964. The van der Waals surface area contributed by atoms with Crippen LogP contribution < -0.4 is 5.32 Å². The van der Waals surface area contributed by atoms with Crippen molar-refractivity contribution in [3.8, 4) is 0 Å². The summed E-state index contributed by atoms with van der Waals surface area (Å²) in [4.78, 5) is 15.5. The number of ketones is 1. The molecular formula is C9H14N2O2. The van der Waals surface area contributed by atoms with Crippen LogP contribution in [0.2, 0.25) is 0 Å². The molecule has 0 aromatic carbocycles. The van der Waals surface area contributed by atoms with Gasteiger partial charge in [0.15, 0.2) is 11.7 Å². The van der Waals surface area contributed by atoms with Gasteiger partial charge in [-0.25, -0.2) is 4.98 Å². The summed E-state index contributed by atoms with van der Waals surface area (Å²) in [5, 5.41) is 2.78. The zero-order valence-corrected chi connectivity index (χ0v) is 8.18. The van der Waals surface area contributed by atoms with Crippen molar-refractivity contribution in [3.63, 3.8) is 0 Å². The maximum absolute atomic E-state index is 11.4. The Morgan fingerprint density at radius 3 is 2.77 bits per heavy atom. The van der Waals surface area contributed by atoms with Gasteiger partial charge < -0.3 is 9.73 Å². The number of oxazole rings is 1. The first-order valence-corrected chi connectivity index (χ1v) is 4.33. The summed E-state index contributed by atoms with van der Waals surface area (Å²) in [6, 6.07) is 0. The molecule has 0 unspecified atom stereocenters. The van der Waals surface area contributed by atoms with Gasteiger partial charge in [0.25, 0.3) is 0 Å². The second-order valence-electron chi connectivity index (χ2n) is 2.83. The third-order valence-corrected chi connectivity index (χ3v) is 1.73. The highest BCUT2D eigenvalue weighted by Crippen LogP contribution is 2.10. The second-order valence-corrected chi connectivity index (χ2v) is 2.83. The fourth-order valence-electron chi connectivity index (χ4n) is 1.10. The molecule has 1 heterocycles. The number of carbonyl (C=O) groups is 1. The molecule has 0 saturated carbocycles. The zero-order chi connectivity index (χ0) is 9.84. The molecule has 0 aliphatic heterocycles. The minimum Gasteiger partial charge on any atom is -0.437 e. The standard InChI is InChI=1S/C9H14N2O2/c1-4-8-11-6(2)9(13-8)7(12)5-10-3/h10H,4-5H2,1-3H3. The maximum Gasteiger partial charge on any atom is 0.213 e. The number of carbonyl (C=O) groups excluding carboxylic acids is 1. The van der Waals surface area contributed by atoms with E-state index < -0.39 is 0 Å². The van der Waals surface area contributed by atoms with E-state index in [0.717, 1.165) is 0 Å². The summed E-state index contributed by atoms with van der Waals surface area (Å²) >= 11 is 0. The molecule has 4 heteroatoms. The number of nitrogens with zero attached hydrogens (tertiary/aromatic N) is 1. The Kier molecular flexibility index (Phi) is 3.19. The van der Waals surface area contributed by atoms with E-state index in [1.807, 2.05) is 6.92 Å². The van der Waals surface area contributed by atoms with Gasteiger partial charge in [0, 0.05) is 6.42 Å². The first-order valence-electron chi connectivity index (χ1n) is 4.33. The lowest BCUT2D eigenvalue weighted by atomic mass is 10.2. The van der Waals surface area contributed by atoms with Crippen molar-refractivity contribution in [2.45, 2.75) is 20.3 Å². The Morgan fingerprint density at radius 1 is 1.62 bits per heavy atom. The van der Waals surface area contributed by atoms with Crippen molar-refractivity contribution < 1.29 is 9.21 Å². The van der Waals surface area contributed by atoms with Gasteiger partial charge in [0.05, 0.1) is 12.2 Å². The Balaban J connectivity index is 2.87. The summed E-state index contributed by atoms with van der Waals surface area (Å²) in [5.74, 6) is 0.954. The van der Waals surface area contributed by atoms with Crippen molar-refractivity contribution >= 4 is 5.78 Å². The Hall–Kier alpha value is -1.16. The molecule has 0 saturated heterocycles. The van der Waals surface area contributed by atoms with Crippen molar-refractivity contribution in [2.24, 2.45) is 0 Å². The minimum atomic E-state index is -0.0489. The van der Waals surface area contributed by atoms with Crippen LogP contribution in [0.3, 0.4) is 0 Å². The van der Waals surface area contributed by atoms with Crippen molar-refractivity contribution in [3.05, 3.63) is 17.3 Å². The van der Waals surface area contributed by atoms with E-state index in [0.29, 0.717) is 30.3 Å². The molecule has 13 heavy (non-hydrogen) atoms. The first kappa shape index (κ1) is 9.92. The van der Waals surface area contributed by atoms with Crippen LogP contribution in [-0.4, -0.2) is 24.4 Å². The SMILES string of the molecule is CCc1nc(C)c(C(=O)CNC)o1. The third-order valence-electron chi connectivity index (χ3n) is 1.73. The fraction of sp³-hybridized carbons (Fsp3) is 0.556. The number of aromatic nitrogens is 1. The molecule has 0 atom stereocenters. The number of rotatable bonds is 4. The van der Waals surface area contributed by atoms with Gasteiger partial charge in [0.2, 0.25) is 5.78 Å². The monoisotopic (exact) mass is 182 g/mol. The van der Waals surface area contributed by atoms with Crippen LogP contribution in [0.4, 0.5) is 0 Å². The summed E-state index contributed by atoms with van der Waals surface area (Å²) in [6.45, 7) is 4.02. The molecule has 0 aliphatic rings. The lowest BCUT2D eigenvalue weighted by Crippen LogP contribution is -2.18. The molecule has 0 spiro atoms. The molecule has 1 rings (SSSR count). The van der Waals surface area contributed by atoms with Gasteiger partial charge in [-0.1, -0.05) is 6.92 Å². The van der Waals surface area contributed by atoms with Crippen LogP contribution in [-0.2, 0) is 6.42 Å². The molecule has 4 nitrogen and oxygen atoms in total. The highest BCUT2D eigenvalue weighted by molar-refractivity contribution is 5.95. The summed E-state index contributed by atoms with van der Waals surface area (Å²) in [7, 11) is 1.73. The molecule has 0 radical (unpaired) electrons. The molecule has 1 aromatic rings. The second kappa shape index (κ2) is 4.18. The predicted molar refractivity (Wildman–Crippen MR) is 48.9 cm³/mol. The quantitative estimate of drug-likeness (QED) is 0.704. The Morgan fingerprint density at radius 2 is 2.31 bits per heavy atom. The first-order chi connectivity index (χ1) is 6.19. The number of hydrogen-bond donors (Lipinski definition) is 1. The van der Waals surface area contributed by atoms with Gasteiger partial charge in [0.1, 0.15) is 0 Å². The van der Waals surface area contributed by atoms with Crippen molar-refractivity contribution in [2.75, 3.05) is 13.6 Å². The van der Waals surface area contributed by atoms with Crippen LogP contribution in [0, 0.1) is 6.92 Å². The van der Waals surface area contributed by atoms with E-state index in [4.69, 9.17) is 4.42 Å². The van der Waals surface area contributed by atoms with Crippen LogP contribution in [0.25, 0.3) is 0 Å². The van der Waals surface area contributed by atoms with Gasteiger partial charge in [-0.05, 0) is 14.0 Å². The summed E-state index contributed by atoms with van der Waals surface area (Å²) < 4.78 is 5.28. The maximum atomic E-state index is 11.4. The average Bonchev–Trinajstić information content (AvgIpc) is 2.47. The normalized spacial score (nSPS) is 10.4. The Bertz CT molecular complexity index is 305. The Labute approximate surface area is 77.3 Å². The van der Waals surface area contributed by atoms with Crippen molar-refractivity contribution in [1.29, 1.82) is 0 Å². The van der Waals surface area contributed by atoms with E-state index in [1.54, 1.807) is 14.0 Å². The van der Waals surface area contributed by atoms with Gasteiger partial charge in [-0.2, -0.15) is 0 Å². The van der Waals surface area contributed by atoms with E-state index in [1.165, 1.54) is 0 Å². The minimum absolute atomic E-state index is 0.0489. The van der Waals surface area contributed by atoms with E-state index in [2.05, 4.69) is 10.3 Å². The fourth-order valence-corrected chi connectivity index (χ4v) is 1.10. The van der Waals surface area contributed by atoms with Crippen LogP contribution in [0.1, 0.15) is 29.1 Å². The number of hydrogen-bond acceptors (Lipinski definition) is 4. The van der Waals surface area contributed by atoms with Crippen LogP contribution in [0.5, 0.6) is 0 Å². The third kappa shape index (κ3) is 2.15. The number of nitrogens with one attached hydrogen (secondary N) is 1. The summed E-state index contributed by atoms with van der Waals surface area (Å²) in [6.07, 6.45) is 0.716. The molecule has 0 bridgehead atoms. The smallest absolute Gasteiger partial charge is 0.213 e. The molecule has 1 N–H and O–H groups in total. The molecule has 1 aromatic heterocycles. The highest BCUT2D eigenvalue weighted by Gasteiger charge is 2.15. The van der Waals surface area contributed by atoms with E-state index in [9.17, 15) is 4.79 Å². The lowest BCUT2D eigenvalue weighted by Gasteiger charge is -1.94. The zero-order valence-electron chi connectivity index (χ0n) is 8.18.